The van der Waals surface area contributed by atoms with E-state index in [4.69, 9.17) is 13.7 Å². The second-order valence-corrected chi connectivity index (χ2v) is 22.4. The van der Waals surface area contributed by atoms with Crippen molar-refractivity contribution in [1.82, 2.24) is 9.55 Å². The van der Waals surface area contributed by atoms with Gasteiger partial charge in [0.25, 0.3) is 17.8 Å². The monoisotopic (exact) mass is 603 g/mol. The van der Waals surface area contributed by atoms with E-state index < -0.39 is 49.5 Å². The lowest BCUT2D eigenvalue weighted by Gasteiger charge is -2.37. The number of ether oxygens (including phenoxy) is 1. The molecular formula is C23H34N3O8PS2Si. The van der Waals surface area contributed by atoms with Crippen molar-refractivity contribution in [1.29, 1.82) is 0 Å². The highest BCUT2D eigenvalue weighted by molar-refractivity contribution is 8.99. The SMILES string of the molecule is Cc1cn([C@H]2C[C@H](OP(C)(=O)SSc3ccc([N+](=O)[O-])cc3)[C@@H](CO[Si](C)(C)C(C)(C)C)O2)c(=O)[nH]c1=O. The van der Waals surface area contributed by atoms with Crippen LogP contribution >= 0.6 is 27.8 Å². The summed E-state index contributed by atoms with van der Waals surface area (Å²) < 4.78 is 33.4. The van der Waals surface area contributed by atoms with Crippen LogP contribution in [-0.4, -0.2) is 48.3 Å². The maximum atomic E-state index is 13.4. The second-order valence-electron chi connectivity index (χ2n) is 10.7. The summed E-state index contributed by atoms with van der Waals surface area (Å²) in [6, 6.07) is 5.95. The summed E-state index contributed by atoms with van der Waals surface area (Å²) in [6.45, 7) is 10.7. The summed E-state index contributed by atoms with van der Waals surface area (Å²) in [5.74, 6) is 0. The molecule has 1 fully saturated rings. The highest BCUT2D eigenvalue weighted by Crippen LogP contribution is 2.65. The molecule has 0 spiro atoms. The molecule has 1 aromatic carbocycles. The van der Waals surface area contributed by atoms with E-state index in [1.165, 1.54) is 40.4 Å². The van der Waals surface area contributed by atoms with Gasteiger partial charge in [-0.05, 0) is 48.0 Å². The minimum atomic E-state index is -3.24. The molecule has 15 heteroatoms. The van der Waals surface area contributed by atoms with Crippen LogP contribution in [0.3, 0.4) is 0 Å². The molecule has 38 heavy (non-hydrogen) atoms. The van der Waals surface area contributed by atoms with Crippen molar-refractivity contribution in [2.24, 2.45) is 0 Å². The zero-order chi connectivity index (χ0) is 28.5. The molecule has 0 saturated carbocycles. The van der Waals surface area contributed by atoms with Crippen LogP contribution in [0.2, 0.25) is 18.1 Å². The van der Waals surface area contributed by atoms with Gasteiger partial charge in [0.1, 0.15) is 12.3 Å². The maximum absolute atomic E-state index is 13.4. The minimum Gasteiger partial charge on any atom is -0.414 e. The Morgan fingerprint density at radius 1 is 1.26 bits per heavy atom. The van der Waals surface area contributed by atoms with E-state index in [1.54, 1.807) is 19.1 Å². The van der Waals surface area contributed by atoms with Crippen molar-refractivity contribution in [2.75, 3.05) is 13.3 Å². The van der Waals surface area contributed by atoms with Gasteiger partial charge in [-0.15, -0.1) is 0 Å². The summed E-state index contributed by atoms with van der Waals surface area (Å²) in [4.78, 5) is 37.7. The van der Waals surface area contributed by atoms with Crippen molar-refractivity contribution in [2.45, 2.75) is 75.6 Å². The Labute approximate surface area is 229 Å². The third kappa shape index (κ3) is 7.71. The lowest BCUT2D eigenvalue weighted by Crippen LogP contribution is -2.44. The van der Waals surface area contributed by atoms with Crippen molar-refractivity contribution < 1.29 is 23.2 Å². The molecule has 0 bridgehead atoms. The molecule has 1 aromatic heterocycles. The predicted molar refractivity (Wildman–Crippen MR) is 153 cm³/mol. The number of benzene rings is 1. The third-order valence-corrected chi connectivity index (χ3v) is 17.6. The Morgan fingerprint density at radius 3 is 2.47 bits per heavy atom. The number of hydrogen-bond acceptors (Lipinski definition) is 10. The molecule has 3 rings (SSSR count). The van der Waals surface area contributed by atoms with Crippen LogP contribution in [0.1, 0.15) is 39.0 Å². The number of non-ortho nitro benzene ring substituents is 1. The van der Waals surface area contributed by atoms with Gasteiger partial charge < -0.3 is 13.7 Å². The van der Waals surface area contributed by atoms with Gasteiger partial charge in [-0.1, -0.05) is 20.8 Å². The van der Waals surface area contributed by atoms with E-state index >= 15 is 0 Å². The zero-order valence-electron chi connectivity index (χ0n) is 22.5. The first kappa shape index (κ1) is 30.9. The summed E-state index contributed by atoms with van der Waals surface area (Å²) in [5, 5.41) is 10.8. The number of nitro groups is 1. The Kier molecular flexibility index (Phi) is 9.61. The van der Waals surface area contributed by atoms with E-state index in [2.05, 4.69) is 38.8 Å². The van der Waals surface area contributed by atoms with E-state index in [9.17, 15) is 24.3 Å². The van der Waals surface area contributed by atoms with Gasteiger partial charge in [0, 0.05) is 52.3 Å². The van der Waals surface area contributed by atoms with Gasteiger partial charge in [0.05, 0.1) is 17.6 Å². The van der Waals surface area contributed by atoms with Gasteiger partial charge in [-0.2, -0.15) is 0 Å². The summed E-state index contributed by atoms with van der Waals surface area (Å²) >= 11 is 0. The second kappa shape index (κ2) is 11.8. The number of rotatable bonds is 10. The number of aromatic nitrogens is 2. The number of nitrogens with one attached hydrogen (secondary N) is 1. The molecule has 0 radical (unpaired) electrons. The van der Waals surface area contributed by atoms with Crippen molar-refractivity contribution in [3.63, 3.8) is 0 Å². The highest BCUT2D eigenvalue weighted by atomic mass is 33.3. The van der Waals surface area contributed by atoms with Crippen LogP contribution in [-0.2, 0) is 18.3 Å². The van der Waals surface area contributed by atoms with Crippen molar-refractivity contribution in [3.05, 3.63) is 67.0 Å². The highest BCUT2D eigenvalue weighted by Gasteiger charge is 2.44. The average Bonchev–Trinajstić information content (AvgIpc) is 3.20. The average molecular weight is 604 g/mol. The Balaban J connectivity index is 1.77. The number of hydrogen-bond donors (Lipinski definition) is 1. The standard InChI is InChI=1S/C23H34N3O8PS2Si/c1-15-13-25(22(28)24-21(15)27)20-12-18(19(33-20)14-32-38(6,7)23(2,3)4)34-35(5,31)37-36-17-10-8-16(9-11-17)26(29)30/h8-11,13,18-20H,12,14H2,1-7H3,(H,24,27,28)/t18-,19+,20+,35?/m0/s1. The molecule has 11 nitrogen and oxygen atoms in total. The maximum Gasteiger partial charge on any atom is 0.330 e. The van der Waals surface area contributed by atoms with Gasteiger partial charge in [0.2, 0.25) is 0 Å². The molecule has 1 unspecified atom stereocenters. The van der Waals surface area contributed by atoms with Gasteiger partial charge in [-0.25, -0.2) is 4.79 Å². The topological polar surface area (TPSA) is 143 Å². The van der Waals surface area contributed by atoms with Crippen molar-refractivity contribution in [3.8, 4) is 0 Å². The number of nitro benzene ring substituents is 1. The molecule has 2 heterocycles. The Bertz CT molecular complexity index is 1330. The molecule has 1 aliphatic rings. The van der Waals surface area contributed by atoms with Gasteiger partial charge in [-0.3, -0.25) is 29.0 Å². The first-order valence-electron chi connectivity index (χ1n) is 12.0. The number of H-pyrrole nitrogens is 1. The lowest BCUT2D eigenvalue weighted by atomic mass is 10.2. The molecule has 210 valence electrons. The van der Waals surface area contributed by atoms with Crippen molar-refractivity contribution >= 4 is 41.8 Å². The summed E-state index contributed by atoms with van der Waals surface area (Å²) in [7, 11) is 0.107. The molecule has 1 N–H and O–H groups in total. The lowest BCUT2D eigenvalue weighted by molar-refractivity contribution is -0.384. The zero-order valence-corrected chi connectivity index (χ0v) is 26.0. The van der Waals surface area contributed by atoms with E-state index in [-0.39, 0.29) is 23.8 Å². The van der Waals surface area contributed by atoms with Gasteiger partial charge >= 0.3 is 5.69 Å². The fraction of sp³-hybridized carbons (Fsp3) is 0.565. The fourth-order valence-electron chi connectivity index (χ4n) is 3.44. The molecule has 1 aliphatic heterocycles. The van der Waals surface area contributed by atoms with Crippen LogP contribution in [0.4, 0.5) is 5.69 Å². The van der Waals surface area contributed by atoms with Crippen LogP contribution in [0, 0.1) is 17.0 Å². The number of aromatic amines is 1. The first-order valence-corrected chi connectivity index (χ1v) is 19.7. The third-order valence-electron chi connectivity index (χ3n) is 6.69. The van der Waals surface area contributed by atoms with Crippen LogP contribution in [0.5, 0.6) is 0 Å². The van der Waals surface area contributed by atoms with Crippen LogP contribution in [0.15, 0.2) is 44.9 Å². The quantitative estimate of drug-likeness (QED) is 0.118. The largest absolute Gasteiger partial charge is 0.414 e. The summed E-state index contributed by atoms with van der Waals surface area (Å²) in [5.41, 5.74) is -0.727. The molecule has 1 saturated heterocycles. The molecule has 0 amide bonds. The predicted octanol–water partition coefficient (Wildman–Crippen LogP) is 5.71. The molecule has 4 atom stereocenters. The Morgan fingerprint density at radius 2 is 1.89 bits per heavy atom. The smallest absolute Gasteiger partial charge is 0.330 e. The summed E-state index contributed by atoms with van der Waals surface area (Å²) in [6.07, 6.45) is -0.276. The molecular weight excluding hydrogens is 569 g/mol. The fourth-order valence-corrected chi connectivity index (χ4v) is 9.41. The van der Waals surface area contributed by atoms with Crippen LogP contribution in [0.25, 0.3) is 0 Å². The molecule has 2 aromatic rings. The van der Waals surface area contributed by atoms with Gasteiger partial charge in [0.15, 0.2) is 8.32 Å². The van der Waals surface area contributed by atoms with Crippen LogP contribution < -0.4 is 11.2 Å². The van der Waals surface area contributed by atoms with E-state index in [1.807, 2.05) is 0 Å². The molecule has 0 aliphatic carbocycles. The number of nitrogens with zero attached hydrogens (tertiary/aromatic N) is 2. The number of aryl methyl sites for hydroxylation is 1. The normalized spacial score (nSPS) is 21.8. The minimum absolute atomic E-state index is 0.0262. The Hall–Kier alpha value is -1.67. The first-order chi connectivity index (χ1) is 17.5. The van der Waals surface area contributed by atoms with E-state index in [0.717, 1.165) is 10.4 Å². The van der Waals surface area contributed by atoms with E-state index in [0.29, 0.717) is 10.5 Å².